The highest BCUT2D eigenvalue weighted by Gasteiger charge is 2.35. The largest absolute Gasteiger partial charge is 0.396 e. The highest BCUT2D eigenvalue weighted by Crippen LogP contribution is 2.31. The van der Waals surface area contributed by atoms with Crippen molar-refractivity contribution in [2.75, 3.05) is 45.9 Å². The number of aliphatic hydroxyl groups excluding tert-OH is 1. The first-order chi connectivity index (χ1) is 10.7. The summed E-state index contributed by atoms with van der Waals surface area (Å²) in [5, 5.41) is 9.48. The Bertz CT molecular complexity index is 337. The highest BCUT2D eigenvalue weighted by atomic mass is 16.3. The predicted octanol–water partition coefficient (Wildman–Crippen LogP) is 1.64. The Morgan fingerprint density at radius 1 is 1.00 bits per heavy atom. The van der Waals surface area contributed by atoms with Crippen molar-refractivity contribution < 1.29 is 5.11 Å². The van der Waals surface area contributed by atoms with E-state index < -0.39 is 0 Å². The van der Waals surface area contributed by atoms with Crippen molar-refractivity contribution in [3.8, 4) is 0 Å². The van der Waals surface area contributed by atoms with Gasteiger partial charge >= 0.3 is 0 Å². The fourth-order valence-corrected chi connectivity index (χ4v) is 4.39. The zero-order valence-corrected chi connectivity index (χ0v) is 14.6. The Balaban J connectivity index is 1.53. The number of nitrogens with zero attached hydrogens (tertiary/aromatic N) is 3. The van der Waals surface area contributed by atoms with E-state index in [1.165, 1.54) is 65.0 Å². The maximum Gasteiger partial charge on any atom is 0.0446 e. The van der Waals surface area contributed by atoms with Crippen LogP contribution in [0.25, 0.3) is 0 Å². The van der Waals surface area contributed by atoms with Crippen molar-refractivity contribution in [1.29, 1.82) is 0 Å². The van der Waals surface area contributed by atoms with Gasteiger partial charge in [0, 0.05) is 50.9 Å². The third-order valence-electron chi connectivity index (χ3n) is 5.99. The number of piperazine rings is 1. The minimum absolute atomic E-state index is 0.337. The summed E-state index contributed by atoms with van der Waals surface area (Å²) in [6.07, 6.45) is 6.45. The lowest BCUT2D eigenvalue weighted by molar-refractivity contribution is 0.00112. The molecule has 2 aliphatic heterocycles. The molecule has 0 unspecified atom stereocenters. The average Bonchev–Trinajstić information content (AvgIpc) is 3.32. The molecule has 1 N–H and O–H groups in total. The Hall–Kier alpha value is -0.160. The van der Waals surface area contributed by atoms with E-state index in [0.717, 1.165) is 18.4 Å². The van der Waals surface area contributed by atoms with Crippen LogP contribution in [-0.2, 0) is 0 Å². The van der Waals surface area contributed by atoms with Gasteiger partial charge in [-0.15, -0.1) is 0 Å². The second-order valence-electron chi connectivity index (χ2n) is 7.97. The molecule has 0 spiro atoms. The summed E-state index contributed by atoms with van der Waals surface area (Å²) in [6, 6.07) is 2.01. The van der Waals surface area contributed by atoms with Gasteiger partial charge in [0.1, 0.15) is 0 Å². The lowest BCUT2D eigenvalue weighted by Crippen LogP contribution is -2.59. The zero-order chi connectivity index (χ0) is 15.5. The molecule has 1 saturated carbocycles. The normalized spacial score (nSPS) is 30.3. The average molecular weight is 309 g/mol. The van der Waals surface area contributed by atoms with Gasteiger partial charge < -0.3 is 14.9 Å². The van der Waals surface area contributed by atoms with Crippen LogP contribution < -0.4 is 0 Å². The van der Waals surface area contributed by atoms with E-state index in [9.17, 15) is 5.11 Å². The number of hydrogen-bond donors (Lipinski definition) is 1. The van der Waals surface area contributed by atoms with Crippen molar-refractivity contribution in [1.82, 2.24) is 14.7 Å². The van der Waals surface area contributed by atoms with Gasteiger partial charge in [0.2, 0.25) is 0 Å². The molecule has 0 aromatic carbocycles. The molecule has 0 radical (unpaired) electrons. The van der Waals surface area contributed by atoms with Gasteiger partial charge in [-0.2, -0.15) is 0 Å². The van der Waals surface area contributed by atoms with E-state index in [4.69, 9.17) is 0 Å². The number of aliphatic hydroxyl groups is 1. The highest BCUT2D eigenvalue weighted by molar-refractivity contribution is 4.91. The van der Waals surface area contributed by atoms with Gasteiger partial charge in [0.05, 0.1) is 0 Å². The number of likely N-dealkylation sites (tertiary alicyclic amines) is 1. The van der Waals surface area contributed by atoms with E-state index in [0.29, 0.717) is 18.7 Å². The zero-order valence-electron chi connectivity index (χ0n) is 14.6. The third kappa shape index (κ3) is 4.22. The molecule has 0 aromatic rings. The molecule has 1 aliphatic carbocycles. The smallest absolute Gasteiger partial charge is 0.0446 e. The lowest BCUT2D eigenvalue weighted by atomic mass is 9.97. The van der Waals surface area contributed by atoms with Crippen LogP contribution in [0.4, 0.5) is 0 Å². The maximum atomic E-state index is 9.48. The fraction of sp³-hybridized carbons (Fsp3) is 1.00. The summed E-state index contributed by atoms with van der Waals surface area (Å²) in [6.45, 7) is 12.4. The summed E-state index contributed by atoms with van der Waals surface area (Å²) in [4.78, 5) is 8.02. The molecule has 4 nitrogen and oxygen atoms in total. The van der Waals surface area contributed by atoms with Crippen molar-refractivity contribution in [3.05, 3.63) is 0 Å². The quantitative estimate of drug-likeness (QED) is 0.808. The van der Waals surface area contributed by atoms with Crippen LogP contribution in [0.1, 0.15) is 46.0 Å². The third-order valence-corrected chi connectivity index (χ3v) is 5.99. The van der Waals surface area contributed by atoms with Crippen molar-refractivity contribution >= 4 is 0 Å². The maximum absolute atomic E-state index is 9.48. The van der Waals surface area contributed by atoms with Crippen LogP contribution in [0.15, 0.2) is 0 Å². The Labute approximate surface area is 136 Å². The second kappa shape index (κ2) is 7.61. The van der Waals surface area contributed by atoms with E-state index in [2.05, 4.69) is 28.5 Å². The summed E-state index contributed by atoms with van der Waals surface area (Å²) >= 11 is 0. The molecule has 2 heterocycles. The van der Waals surface area contributed by atoms with E-state index >= 15 is 0 Å². The summed E-state index contributed by atoms with van der Waals surface area (Å²) < 4.78 is 0. The molecular formula is C18H35N3O. The summed E-state index contributed by atoms with van der Waals surface area (Å²) in [5.74, 6) is 0.982. The molecule has 3 fully saturated rings. The van der Waals surface area contributed by atoms with Crippen LogP contribution in [0.5, 0.6) is 0 Å². The fourth-order valence-electron chi connectivity index (χ4n) is 4.39. The Kier molecular flexibility index (Phi) is 5.77. The van der Waals surface area contributed by atoms with Crippen LogP contribution in [0, 0.1) is 5.92 Å². The van der Waals surface area contributed by atoms with Crippen LogP contribution in [0.2, 0.25) is 0 Å². The van der Waals surface area contributed by atoms with E-state index in [-0.39, 0.29) is 0 Å². The molecule has 2 saturated heterocycles. The van der Waals surface area contributed by atoms with Crippen LogP contribution in [0.3, 0.4) is 0 Å². The van der Waals surface area contributed by atoms with Crippen LogP contribution in [-0.4, -0.2) is 83.8 Å². The van der Waals surface area contributed by atoms with Gasteiger partial charge in [-0.3, -0.25) is 4.90 Å². The van der Waals surface area contributed by atoms with Gasteiger partial charge in [0.25, 0.3) is 0 Å². The Morgan fingerprint density at radius 3 is 2.32 bits per heavy atom. The van der Waals surface area contributed by atoms with Crippen LogP contribution >= 0.6 is 0 Å². The first kappa shape index (κ1) is 16.7. The molecule has 3 aliphatic rings. The van der Waals surface area contributed by atoms with E-state index in [1.54, 1.807) is 0 Å². The summed E-state index contributed by atoms with van der Waals surface area (Å²) in [7, 11) is 0. The van der Waals surface area contributed by atoms with Gasteiger partial charge in [-0.1, -0.05) is 0 Å². The topological polar surface area (TPSA) is 30.0 Å². The molecule has 4 heteroatoms. The predicted molar refractivity (Wildman–Crippen MR) is 91.1 cm³/mol. The second-order valence-corrected chi connectivity index (χ2v) is 7.97. The molecule has 128 valence electrons. The minimum atomic E-state index is 0.337. The first-order valence-corrected chi connectivity index (χ1v) is 9.50. The number of rotatable bonds is 6. The van der Waals surface area contributed by atoms with Crippen molar-refractivity contribution in [2.45, 2.75) is 64.1 Å². The SMILES string of the molecule is CC(C)N1CCC(N2CCN(CC3CC3)C[C@@H]2CCO)CC1. The Morgan fingerprint density at radius 2 is 1.73 bits per heavy atom. The van der Waals surface area contributed by atoms with Gasteiger partial charge in [0.15, 0.2) is 0 Å². The van der Waals surface area contributed by atoms with Crippen molar-refractivity contribution in [3.63, 3.8) is 0 Å². The standard InChI is InChI=1S/C18H35N3O/c1-15(2)20-8-5-17(6-9-20)21-11-10-19(13-16-3-4-16)14-18(21)7-12-22/h15-18,22H,3-14H2,1-2H3/t18-/m0/s1. The molecule has 22 heavy (non-hydrogen) atoms. The van der Waals surface area contributed by atoms with E-state index in [1.807, 2.05) is 0 Å². The first-order valence-electron chi connectivity index (χ1n) is 9.50. The summed E-state index contributed by atoms with van der Waals surface area (Å²) in [5.41, 5.74) is 0. The lowest BCUT2D eigenvalue weighted by Gasteiger charge is -2.48. The molecule has 3 rings (SSSR count). The molecular weight excluding hydrogens is 274 g/mol. The van der Waals surface area contributed by atoms with Crippen molar-refractivity contribution in [2.24, 2.45) is 5.92 Å². The number of piperidine rings is 1. The monoisotopic (exact) mass is 309 g/mol. The molecule has 0 bridgehead atoms. The molecule has 0 amide bonds. The minimum Gasteiger partial charge on any atom is -0.396 e. The van der Waals surface area contributed by atoms with Gasteiger partial charge in [-0.25, -0.2) is 0 Å². The van der Waals surface area contributed by atoms with Gasteiger partial charge in [-0.05, 0) is 65.0 Å². The number of hydrogen-bond acceptors (Lipinski definition) is 4. The molecule has 0 aromatic heterocycles. The molecule has 1 atom stereocenters.